The first-order valence-electron chi connectivity index (χ1n) is 6.82. The van der Waals surface area contributed by atoms with Crippen molar-refractivity contribution in [2.24, 2.45) is 5.73 Å². The van der Waals surface area contributed by atoms with E-state index in [-0.39, 0.29) is 11.9 Å². The fourth-order valence-corrected chi connectivity index (χ4v) is 2.67. The van der Waals surface area contributed by atoms with Gasteiger partial charge in [0.1, 0.15) is 5.82 Å². The number of hydrogen-bond acceptors (Lipinski definition) is 4. The van der Waals surface area contributed by atoms with Gasteiger partial charge in [-0.3, -0.25) is 10.1 Å². The lowest BCUT2D eigenvalue weighted by molar-refractivity contribution is 0.502. The number of nitrogens with one attached hydrogen (secondary N) is 1. The van der Waals surface area contributed by atoms with Crippen molar-refractivity contribution in [2.45, 2.75) is 25.8 Å². The highest BCUT2D eigenvalue weighted by atomic mass is 19.1. The van der Waals surface area contributed by atoms with Gasteiger partial charge in [0.15, 0.2) is 5.82 Å². The van der Waals surface area contributed by atoms with Crippen molar-refractivity contribution in [2.75, 3.05) is 18.0 Å². The first-order valence-corrected chi connectivity index (χ1v) is 6.82. The van der Waals surface area contributed by atoms with Crippen molar-refractivity contribution in [1.29, 1.82) is 0 Å². The molecule has 0 aromatic carbocycles. The summed E-state index contributed by atoms with van der Waals surface area (Å²) in [5.41, 5.74) is 8.57. The van der Waals surface area contributed by atoms with Crippen LogP contribution in [0.2, 0.25) is 0 Å². The number of halogens is 1. The van der Waals surface area contributed by atoms with E-state index in [9.17, 15) is 4.39 Å². The molecule has 2 aromatic rings. The third-order valence-corrected chi connectivity index (χ3v) is 3.72. The van der Waals surface area contributed by atoms with Crippen molar-refractivity contribution in [3.63, 3.8) is 0 Å². The van der Waals surface area contributed by atoms with E-state index in [1.165, 1.54) is 12.3 Å². The van der Waals surface area contributed by atoms with Crippen LogP contribution in [-0.4, -0.2) is 34.3 Å². The molecule has 1 unspecified atom stereocenters. The highest BCUT2D eigenvalue weighted by Crippen LogP contribution is 2.28. The molecule has 0 aliphatic carbocycles. The Morgan fingerprint density at radius 3 is 3.00 bits per heavy atom. The average molecular weight is 275 g/mol. The number of pyridine rings is 1. The molecule has 1 aliphatic heterocycles. The Balaban J connectivity index is 1.90. The minimum absolute atomic E-state index is 0.201. The maximum Gasteiger partial charge on any atom is 0.154 e. The Morgan fingerprint density at radius 2 is 2.30 bits per heavy atom. The molecule has 0 saturated carbocycles. The van der Waals surface area contributed by atoms with Crippen LogP contribution in [0.15, 0.2) is 18.3 Å². The molecule has 0 spiro atoms. The summed E-state index contributed by atoms with van der Waals surface area (Å²) in [5, 5.41) is 7.39. The minimum Gasteiger partial charge on any atom is -0.353 e. The van der Waals surface area contributed by atoms with Gasteiger partial charge in [-0.2, -0.15) is 5.10 Å². The first kappa shape index (κ1) is 13.1. The zero-order chi connectivity index (χ0) is 14.1. The quantitative estimate of drug-likeness (QED) is 0.877. The van der Waals surface area contributed by atoms with Gasteiger partial charge in [0.25, 0.3) is 0 Å². The summed E-state index contributed by atoms with van der Waals surface area (Å²) in [4.78, 5) is 6.29. The lowest BCUT2D eigenvalue weighted by atomic mass is 10.1. The molecule has 1 saturated heterocycles. The van der Waals surface area contributed by atoms with Crippen molar-refractivity contribution in [1.82, 2.24) is 15.2 Å². The fraction of sp³-hybridized carbons (Fsp3) is 0.429. The van der Waals surface area contributed by atoms with Crippen LogP contribution >= 0.6 is 0 Å². The minimum atomic E-state index is -0.340. The lowest BCUT2D eigenvalue weighted by Crippen LogP contribution is -2.43. The van der Waals surface area contributed by atoms with Crippen LogP contribution in [-0.2, 0) is 0 Å². The Hall–Kier alpha value is -1.95. The molecular weight excluding hydrogens is 257 g/mol. The van der Waals surface area contributed by atoms with Gasteiger partial charge < -0.3 is 10.6 Å². The fourth-order valence-electron chi connectivity index (χ4n) is 2.67. The Morgan fingerprint density at radius 1 is 1.45 bits per heavy atom. The van der Waals surface area contributed by atoms with Crippen LogP contribution < -0.4 is 10.6 Å². The molecule has 1 fully saturated rings. The van der Waals surface area contributed by atoms with Gasteiger partial charge in [0.05, 0.1) is 17.6 Å². The van der Waals surface area contributed by atoms with E-state index in [1.54, 1.807) is 6.07 Å². The van der Waals surface area contributed by atoms with Gasteiger partial charge in [-0.05, 0) is 31.9 Å². The molecule has 3 N–H and O–H groups in total. The standard InChI is InChI=1S/C14H18FN5/c1-9-13(12-5-4-10(15)7-17-12)18-19-14(9)20-6-2-3-11(16)8-20/h4-5,7,11H,2-3,6,8,16H2,1H3,(H,18,19). The highest BCUT2D eigenvalue weighted by Gasteiger charge is 2.22. The van der Waals surface area contributed by atoms with Gasteiger partial charge in [-0.25, -0.2) is 4.39 Å². The van der Waals surface area contributed by atoms with Crippen LogP contribution in [0.25, 0.3) is 11.4 Å². The Kier molecular flexibility index (Phi) is 3.40. The maximum absolute atomic E-state index is 12.9. The molecule has 1 aliphatic rings. The van der Waals surface area contributed by atoms with Crippen LogP contribution in [0.1, 0.15) is 18.4 Å². The lowest BCUT2D eigenvalue weighted by Gasteiger charge is -2.31. The van der Waals surface area contributed by atoms with Gasteiger partial charge in [0, 0.05) is 24.7 Å². The highest BCUT2D eigenvalue weighted by molar-refractivity contribution is 5.66. The molecule has 0 bridgehead atoms. The molecule has 6 heteroatoms. The number of nitrogens with zero attached hydrogens (tertiary/aromatic N) is 3. The molecule has 2 aromatic heterocycles. The average Bonchev–Trinajstić information content (AvgIpc) is 2.82. The van der Waals surface area contributed by atoms with Crippen LogP contribution in [0.3, 0.4) is 0 Å². The number of aromatic amines is 1. The van der Waals surface area contributed by atoms with Crippen molar-refractivity contribution in [3.05, 3.63) is 29.7 Å². The van der Waals surface area contributed by atoms with Gasteiger partial charge in [0.2, 0.25) is 0 Å². The number of H-pyrrole nitrogens is 1. The third kappa shape index (κ3) is 2.38. The molecule has 3 heterocycles. The summed E-state index contributed by atoms with van der Waals surface area (Å²) in [6.07, 6.45) is 3.36. The SMILES string of the molecule is Cc1c(N2CCCC(N)C2)n[nH]c1-c1ccc(F)cn1. The Bertz CT molecular complexity index is 592. The largest absolute Gasteiger partial charge is 0.353 e. The monoisotopic (exact) mass is 275 g/mol. The van der Waals surface area contributed by atoms with E-state index in [0.29, 0.717) is 5.69 Å². The number of anilines is 1. The zero-order valence-corrected chi connectivity index (χ0v) is 11.4. The predicted molar refractivity (Wildman–Crippen MR) is 75.9 cm³/mol. The maximum atomic E-state index is 12.9. The molecule has 5 nitrogen and oxygen atoms in total. The van der Waals surface area contributed by atoms with E-state index in [2.05, 4.69) is 20.1 Å². The first-order chi connectivity index (χ1) is 9.65. The molecule has 20 heavy (non-hydrogen) atoms. The number of nitrogens with two attached hydrogens (primary N) is 1. The summed E-state index contributed by atoms with van der Waals surface area (Å²) in [6, 6.07) is 3.26. The second kappa shape index (κ2) is 5.20. The summed E-state index contributed by atoms with van der Waals surface area (Å²) in [6.45, 7) is 3.79. The van der Waals surface area contributed by atoms with E-state index in [4.69, 9.17) is 5.73 Å². The normalized spacial score (nSPS) is 19.4. The molecule has 0 amide bonds. The number of aromatic nitrogens is 3. The second-order valence-electron chi connectivity index (χ2n) is 5.26. The van der Waals surface area contributed by atoms with Crippen molar-refractivity contribution in [3.8, 4) is 11.4 Å². The Labute approximate surface area is 117 Å². The predicted octanol–water partition coefficient (Wildman–Crippen LogP) is 1.85. The summed E-state index contributed by atoms with van der Waals surface area (Å²) >= 11 is 0. The van der Waals surface area contributed by atoms with E-state index in [1.807, 2.05) is 6.92 Å². The van der Waals surface area contributed by atoms with E-state index in [0.717, 1.165) is 43.0 Å². The van der Waals surface area contributed by atoms with Gasteiger partial charge in [-0.1, -0.05) is 0 Å². The zero-order valence-electron chi connectivity index (χ0n) is 11.4. The van der Waals surface area contributed by atoms with Crippen molar-refractivity contribution < 1.29 is 4.39 Å². The van der Waals surface area contributed by atoms with Crippen LogP contribution in [0, 0.1) is 12.7 Å². The summed E-state index contributed by atoms with van der Waals surface area (Å²) in [5.74, 6) is 0.578. The van der Waals surface area contributed by atoms with E-state index < -0.39 is 0 Å². The molecular formula is C14H18FN5. The third-order valence-electron chi connectivity index (χ3n) is 3.72. The number of rotatable bonds is 2. The smallest absolute Gasteiger partial charge is 0.154 e. The summed E-state index contributed by atoms with van der Waals surface area (Å²) in [7, 11) is 0. The molecule has 106 valence electrons. The topological polar surface area (TPSA) is 70.8 Å². The van der Waals surface area contributed by atoms with Gasteiger partial charge in [-0.15, -0.1) is 0 Å². The van der Waals surface area contributed by atoms with E-state index >= 15 is 0 Å². The number of piperidine rings is 1. The van der Waals surface area contributed by atoms with Crippen LogP contribution in [0.5, 0.6) is 0 Å². The van der Waals surface area contributed by atoms with Crippen molar-refractivity contribution >= 4 is 5.82 Å². The number of hydrogen-bond donors (Lipinski definition) is 2. The molecule has 3 rings (SSSR count). The molecule has 0 radical (unpaired) electrons. The van der Waals surface area contributed by atoms with Crippen LogP contribution in [0.4, 0.5) is 10.2 Å². The summed E-state index contributed by atoms with van der Waals surface area (Å²) < 4.78 is 12.9. The second-order valence-corrected chi connectivity index (χ2v) is 5.26. The molecule has 1 atom stereocenters. The van der Waals surface area contributed by atoms with Gasteiger partial charge >= 0.3 is 0 Å².